The second-order valence-corrected chi connectivity index (χ2v) is 8.10. The van der Waals surface area contributed by atoms with Gasteiger partial charge in [-0.2, -0.15) is 0 Å². The Morgan fingerprint density at radius 2 is 1.91 bits per heavy atom. The third-order valence-electron chi connectivity index (χ3n) is 5.97. The highest BCUT2D eigenvalue weighted by molar-refractivity contribution is 6.46. The topological polar surface area (TPSA) is 83.0 Å². The van der Waals surface area contributed by atoms with Gasteiger partial charge in [0, 0.05) is 24.8 Å². The molecule has 33 heavy (non-hydrogen) atoms. The fourth-order valence-corrected chi connectivity index (χ4v) is 4.07. The van der Waals surface area contributed by atoms with E-state index in [0.29, 0.717) is 31.0 Å². The highest BCUT2D eigenvalue weighted by Crippen LogP contribution is 2.39. The fraction of sp³-hybridized carbons (Fsp3) is 0.423. The first kappa shape index (κ1) is 24.5. The van der Waals surface area contributed by atoms with Crippen LogP contribution in [0.4, 0.5) is 0 Å². The van der Waals surface area contributed by atoms with Gasteiger partial charge in [-0.1, -0.05) is 26.8 Å². The Balaban J connectivity index is 2.04. The van der Waals surface area contributed by atoms with Gasteiger partial charge in [-0.15, -0.1) is 0 Å². The van der Waals surface area contributed by atoms with Crippen LogP contribution in [0.25, 0.3) is 5.76 Å². The van der Waals surface area contributed by atoms with Crippen LogP contribution in [-0.2, 0) is 9.59 Å². The van der Waals surface area contributed by atoms with Crippen molar-refractivity contribution < 1.29 is 19.4 Å². The normalized spacial score (nSPS) is 17.7. The van der Waals surface area contributed by atoms with Gasteiger partial charge in [0.25, 0.3) is 11.7 Å². The fourth-order valence-electron chi connectivity index (χ4n) is 4.07. The maximum absolute atomic E-state index is 13.1. The van der Waals surface area contributed by atoms with Crippen molar-refractivity contribution in [3.8, 4) is 5.75 Å². The Hall–Kier alpha value is -3.19. The van der Waals surface area contributed by atoms with E-state index in [2.05, 4.69) is 23.7 Å². The second kappa shape index (κ2) is 11.1. The molecule has 2 heterocycles. The minimum atomic E-state index is -0.738. The number of hydrogen-bond donors (Lipinski definition) is 1. The summed E-state index contributed by atoms with van der Waals surface area (Å²) in [6.45, 7) is 11.3. The van der Waals surface area contributed by atoms with Crippen LogP contribution in [0.15, 0.2) is 48.2 Å². The monoisotopic (exact) mass is 451 g/mol. The lowest BCUT2D eigenvalue weighted by Crippen LogP contribution is -2.38. The van der Waals surface area contributed by atoms with Gasteiger partial charge in [-0.3, -0.25) is 14.6 Å². The number of likely N-dealkylation sites (N-methyl/N-ethyl adjacent to an activating group) is 1. The van der Waals surface area contributed by atoms with E-state index >= 15 is 0 Å². The average molecular weight is 452 g/mol. The number of Topliss-reactive ketones (excluding diaryl/α,β-unsaturated/α-hetero) is 1. The van der Waals surface area contributed by atoms with Crippen LogP contribution in [0.1, 0.15) is 50.1 Å². The number of carbonyl (C=O) groups is 2. The molecule has 3 rings (SSSR count). The molecule has 1 aliphatic heterocycles. The number of hydrogen-bond acceptors (Lipinski definition) is 6. The highest BCUT2D eigenvalue weighted by Gasteiger charge is 2.46. The van der Waals surface area contributed by atoms with Crippen molar-refractivity contribution >= 4 is 17.4 Å². The van der Waals surface area contributed by atoms with Crippen molar-refractivity contribution in [3.63, 3.8) is 0 Å². The number of likely N-dealkylation sites (tertiary alicyclic amines) is 1. The van der Waals surface area contributed by atoms with Crippen molar-refractivity contribution in [3.05, 3.63) is 65.0 Å². The van der Waals surface area contributed by atoms with E-state index in [1.165, 1.54) is 4.90 Å². The summed E-state index contributed by atoms with van der Waals surface area (Å²) in [5.74, 6) is -0.764. The number of aromatic nitrogens is 1. The van der Waals surface area contributed by atoms with Gasteiger partial charge in [0.05, 0.1) is 17.9 Å². The first-order valence-corrected chi connectivity index (χ1v) is 11.6. The summed E-state index contributed by atoms with van der Waals surface area (Å²) in [6, 6.07) is 9.91. The zero-order valence-corrected chi connectivity index (χ0v) is 19.9. The molecule has 1 atom stereocenters. The standard InChI is InChI=1S/C26H33N3O4/c1-5-16-33-21-12-11-19(17-18(21)4)24(30)22-23(20-10-8-9-13-27-20)29(26(32)25(22)31)15-14-28(6-2)7-3/h8-13,17,23,30H,5-7,14-16H2,1-4H3/b24-22-. The molecule has 0 saturated carbocycles. The van der Waals surface area contributed by atoms with Crippen LogP contribution >= 0.6 is 0 Å². The molecule has 1 saturated heterocycles. The summed E-state index contributed by atoms with van der Waals surface area (Å²) in [6.07, 6.45) is 2.52. The summed E-state index contributed by atoms with van der Waals surface area (Å²) in [7, 11) is 0. The molecule has 0 radical (unpaired) electrons. The number of ether oxygens (including phenoxy) is 1. The molecule has 176 valence electrons. The molecule has 2 aromatic rings. The molecular formula is C26H33N3O4. The number of ketones is 1. The number of aryl methyl sites for hydroxylation is 1. The number of pyridine rings is 1. The number of rotatable bonds is 10. The summed E-state index contributed by atoms with van der Waals surface area (Å²) in [5, 5.41) is 11.2. The third-order valence-corrected chi connectivity index (χ3v) is 5.97. The van der Waals surface area contributed by atoms with Crippen LogP contribution < -0.4 is 4.74 Å². The molecule has 0 spiro atoms. The van der Waals surface area contributed by atoms with E-state index in [1.807, 2.05) is 19.9 Å². The molecule has 1 aliphatic rings. The lowest BCUT2D eigenvalue weighted by Gasteiger charge is -2.27. The summed E-state index contributed by atoms with van der Waals surface area (Å²) in [5.41, 5.74) is 1.94. The van der Waals surface area contributed by atoms with E-state index in [9.17, 15) is 14.7 Å². The number of aliphatic hydroxyl groups is 1. The molecule has 1 N–H and O–H groups in total. The number of nitrogens with zero attached hydrogens (tertiary/aromatic N) is 3. The molecule has 1 amide bonds. The minimum Gasteiger partial charge on any atom is -0.507 e. The molecule has 1 unspecified atom stereocenters. The van der Waals surface area contributed by atoms with Crippen LogP contribution in [0.5, 0.6) is 5.75 Å². The summed E-state index contributed by atoms with van der Waals surface area (Å²) >= 11 is 0. The van der Waals surface area contributed by atoms with E-state index in [1.54, 1.807) is 36.5 Å². The van der Waals surface area contributed by atoms with Gasteiger partial charge in [0.15, 0.2) is 0 Å². The Kier molecular flexibility index (Phi) is 8.22. The Morgan fingerprint density at radius 1 is 1.15 bits per heavy atom. The third kappa shape index (κ3) is 5.25. The van der Waals surface area contributed by atoms with Crippen molar-refractivity contribution in [1.29, 1.82) is 0 Å². The molecule has 0 bridgehead atoms. The molecule has 1 fully saturated rings. The predicted octanol–water partition coefficient (Wildman–Crippen LogP) is 3.94. The zero-order chi connectivity index (χ0) is 24.0. The number of carbonyl (C=O) groups excluding carboxylic acids is 2. The minimum absolute atomic E-state index is 0.0693. The SMILES string of the molecule is CCCOc1ccc(/C(O)=C2/C(=O)C(=O)N(CCN(CC)CC)C2c2ccccn2)cc1C. The quantitative estimate of drug-likeness (QED) is 0.335. The Morgan fingerprint density at radius 3 is 2.52 bits per heavy atom. The van der Waals surface area contributed by atoms with Gasteiger partial charge in [-0.25, -0.2) is 0 Å². The molecular weight excluding hydrogens is 418 g/mol. The average Bonchev–Trinajstić information content (AvgIpc) is 3.09. The number of amides is 1. The molecule has 1 aromatic carbocycles. The number of aliphatic hydroxyl groups excluding tert-OH is 1. The summed E-state index contributed by atoms with van der Waals surface area (Å²) in [4.78, 5) is 34.3. The van der Waals surface area contributed by atoms with Gasteiger partial charge in [0.2, 0.25) is 0 Å². The van der Waals surface area contributed by atoms with Gasteiger partial charge >= 0.3 is 0 Å². The predicted molar refractivity (Wildman–Crippen MR) is 128 cm³/mol. The zero-order valence-electron chi connectivity index (χ0n) is 19.9. The van der Waals surface area contributed by atoms with Crippen LogP contribution in [-0.4, -0.2) is 64.4 Å². The largest absolute Gasteiger partial charge is 0.507 e. The van der Waals surface area contributed by atoms with Gasteiger partial charge < -0.3 is 19.6 Å². The number of benzene rings is 1. The summed E-state index contributed by atoms with van der Waals surface area (Å²) < 4.78 is 5.73. The Labute approximate surface area is 195 Å². The van der Waals surface area contributed by atoms with Crippen molar-refractivity contribution in [2.75, 3.05) is 32.8 Å². The first-order valence-electron chi connectivity index (χ1n) is 11.6. The first-order chi connectivity index (χ1) is 15.9. The van der Waals surface area contributed by atoms with Gasteiger partial charge in [-0.05, 0) is 62.3 Å². The lowest BCUT2D eigenvalue weighted by molar-refractivity contribution is -0.140. The lowest BCUT2D eigenvalue weighted by atomic mass is 9.97. The van der Waals surface area contributed by atoms with E-state index in [0.717, 1.165) is 30.8 Å². The smallest absolute Gasteiger partial charge is 0.295 e. The van der Waals surface area contributed by atoms with Crippen molar-refractivity contribution in [2.45, 2.75) is 40.2 Å². The van der Waals surface area contributed by atoms with Gasteiger partial charge in [0.1, 0.15) is 17.6 Å². The van der Waals surface area contributed by atoms with Crippen LogP contribution in [0.2, 0.25) is 0 Å². The van der Waals surface area contributed by atoms with E-state index in [4.69, 9.17) is 4.74 Å². The Bertz CT molecular complexity index is 1020. The molecule has 0 aliphatic carbocycles. The van der Waals surface area contributed by atoms with Crippen molar-refractivity contribution in [2.24, 2.45) is 0 Å². The maximum atomic E-state index is 13.1. The van der Waals surface area contributed by atoms with Crippen molar-refractivity contribution in [1.82, 2.24) is 14.8 Å². The molecule has 1 aromatic heterocycles. The van der Waals surface area contributed by atoms with E-state index in [-0.39, 0.29) is 11.3 Å². The molecule has 7 nitrogen and oxygen atoms in total. The molecule has 7 heteroatoms. The highest BCUT2D eigenvalue weighted by atomic mass is 16.5. The van der Waals surface area contributed by atoms with Crippen LogP contribution in [0, 0.1) is 6.92 Å². The van der Waals surface area contributed by atoms with E-state index < -0.39 is 17.7 Å². The maximum Gasteiger partial charge on any atom is 0.295 e. The second-order valence-electron chi connectivity index (χ2n) is 8.10. The van der Waals surface area contributed by atoms with Crippen LogP contribution in [0.3, 0.4) is 0 Å².